The number of nitrogens with one attached hydrogen (secondary N) is 1. The van der Waals surface area contributed by atoms with Crippen molar-refractivity contribution in [3.05, 3.63) is 58.0 Å². The van der Waals surface area contributed by atoms with Crippen molar-refractivity contribution in [3.8, 4) is 34.4 Å². The molecular weight excluding hydrogens is 518 g/mol. The van der Waals surface area contributed by atoms with Crippen LogP contribution < -0.4 is 10.1 Å². The highest BCUT2D eigenvalue weighted by atomic mass is 16.5. The van der Waals surface area contributed by atoms with Crippen molar-refractivity contribution < 1.29 is 34.4 Å². The van der Waals surface area contributed by atoms with Crippen molar-refractivity contribution in [2.45, 2.75) is 53.0 Å². The molecule has 1 unspecified atom stereocenters. The molecule has 2 heterocycles. The second kappa shape index (κ2) is 9.04. The molecule has 206 valence electrons. The maximum atomic E-state index is 14.0. The fourth-order valence-electron chi connectivity index (χ4n) is 4.96. The predicted octanol–water partition coefficient (Wildman–Crippen LogP) is 3.62. The number of allylic oxidation sites excluding steroid dienone is 4. The van der Waals surface area contributed by atoms with Crippen LogP contribution in [0.1, 0.15) is 62.1 Å². The Morgan fingerprint density at radius 3 is 2.45 bits per heavy atom. The zero-order chi connectivity index (χ0) is 29.3. The van der Waals surface area contributed by atoms with Crippen molar-refractivity contribution >= 4 is 23.0 Å². The van der Waals surface area contributed by atoms with E-state index in [-0.39, 0.29) is 56.9 Å². The lowest BCUT2D eigenvalue weighted by Gasteiger charge is -2.29. The molecule has 0 amide bonds. The van der Waals surface area contributed by atoms with Gasteiger partial charge in [-0.15, -0.1) is 10.2 Å². The van der Waals surface area contributed by atoms with E-state index in [2.05, 4.69) is 20.7 Å². The van der Waals surface area contributed by atoms with E-state index >= 15 is 0 Å². The number of benzene rings is 2. The van der Waals surface area contributed by atoms with Crippen LogP contribution in [0.3, 0.4) is 0 Å². The largest absolute Gasteiger partial charge is 0.507 e. The van der Waals surface area contributed by atoms with Gasteiger partial charge >= 0.3 is 0 Å². The Morgan fingerprint density at radius 2 is 1.82 bits per heavy atom. The van der Waals surface area contributed by atoms with Crippen molar-refractivity contribution in [3.63, 3.8) is 0 Å². The molecule has 0 saturated carbocycles. The fraction of sp³-hybridized carbons (Fsp3) is 0.286. The van der Waals surface area contributed by atoms with Gasteiger partial charge in [0.25, 0.3) is 0 Å². The monoisotopic (exact) mass is 545 g/mol. The van der Waals surface area contributed by atoms with E-state index in [1.54, 1.807) is 12.1 Å². The zero-order valence-corrected chi connectivity index (χ0v) is 22.7. The van der Waals surface area contributed by atoms with Gasteiger partial charge in [-0.3, -0.25) is 14.4 Å². The van der Waals surface area contributed by atoms with Crippen LogP contribution in [0.25, 0.3) is 11.4 Å². The van der Waals surface area contributed by atoms with Crippen LogP contribution in [0.5, 0.6) is 23.0 Å². The van der Waals surface area contributed by atoms with Gasteiger partial charge in [0.2, 0.25) is 5.82 Å². The number of phenolic OH excluding ortho intramolecular Hbond substituents is 3. The first-order chi connectivity index (χ1) is 18.8. The molecule has 1 aliphatic carbocycles. The number of tetrazole rings is 1. The Bertz CT molecular complexity index is 1720. The minimum absolute atomic E-state index is 0.00449. The molecule has 4 N–H and O–H groups in total. The van der Waals surface area contributed by atoms with E-state index in [1.807, 2.05) is 13.8 Å². The molecule has 2 aromatic carbocycles. The minimum Gasteiger partial charge on any atom is -0.507 e. The van der Waals surface area contributed by atoms with Crippen molar-refractivity contribution in [2.75, 3.05) is 5.32 Å². The van der Waals surface area contributed by atoms with E-state index in [4.69, 9.17) is 4.74 Å². The smallest absolute Gasteiger partial charge is 0.205 e. The molecule has 1 aliphatic heterocycles. The number of ether oxygens (including phenoxy) is 1. The van der Waals surface area contributed by atoms with Crippen LogP contribution in [-0.2, 0) is 15.0 Å². The maximum Gasteiger partial charge on any atom is 0.205 e. The van der Waals surface area contributed by atoms with Gasteiger partial charge in [-0.1, -0.05) is 0 Å². The second-order valence-electron chi connectivity index (χ2n) is 10.3. The highest BCUT2D eigenvalue weighted by molar-refractivity contribution is 6.31. The number of fused-ring (bicyclic) bond motifs is 3. The van der Waals surface area contributed by atoms with E-state index in [0.717, 1.165) is 6.08 Å². The predicted molar refractivity (Wildman–Crippen MR) is 142 cm³/mol. The highest BCUT2D eigenvalue weighted by Gasteiger charge is 2.56. The van der Waals surface area contributed by atoms with Gasteiger partial charge in [0.15, 0.2) is 17.3 Å². The third-order valence-corrected chi connectivity index (χ3v) is 7.23. The number of carbonyl (C=O) groups is 3. The van der Waals surface area contributed by atoms with Crippen LogP contribution in [0, 0.1) is 6.92 Å². The van der Waals surface area contributed by atoms with Crippen LogP contribution in [0.4, 0.5) is 5.69 Å². The summed E-state index contributed by atoms with van der Waals surface area (Å²) in [5.74, 6) is -2.83. The van der Waals surface area contributed by atoms with Crippen LogP contribution >= 0.6 is 0 Å². The summed E-state index contributed by atoms with van der Waals surface area (Å²) in [6, 6.07) is 4.59. The molecule has 0 radical (unpaired) electrons. The van der Waals surface area contributed by atoms with Crippen molar-refractivity contribution in [2.24, 2.45) is 0 Å². The Kier molecular flexibility index (Phi) is 6.01. The third kappa shape index (κ3) is 3.74. The molecule has 12 nitrogen and oxygen atoms in total. The van der Waals surface area contributed by atoms with Crippen molar-refractivity contribution in [1.29, 1.82) is 0 Å². The van der Waals surface area contributed by atoms with Gasteiger partial charge in [-0.25, -0.2) is 0 Å². The molecule has 12 heteroatoms. The number of hydrogen-bond donors (Lipinski definition) is 4. The van der Waals surface area contributed by atoms with Crippen LogP contribution in [0.2, 0.25) is 0 Å². The number of hydrogen-bond acceptors (Lipinski definition) is 11. The number of Topliss-reactive ketones (excluding diaryl/α,β-unsaturated/α-hetero) is 2. The molecule has 2 aliphatic rings. The summed E-state index contributed by atoms with van der Waals surface area (Å²) in [4.78, 5) is 41.0. The SMILES string of the molecule is CC(=O)c1c(O)c(C)c(O)c2c1OC1=CC(=O)C(=C(C)Nc3cc(-c4nnn(C(C)C)n4)ccc3O)C(=O)C12C. The lowest BCUT2D eigenvalue weighted by atomic mass is 9.70. The Hall–Kier alpha value is -5.00. The summed E-state index contributed by atoms with van der Waals surface area (Å²) in [5, 5.41) is 47.3. The first-order valence-electron chi connectivity index (χ1n) is 12.5. The summed E-state index contributed by atoms with van der Waals surface area (Å²) < 4.78 is 5.79. The average Bonchev–Trinajstić information content (AvgIpc) is 3.48. The van der Waals surface area contributed by atoms with Gasteiger partial charge in [-0.05, 0) is 65.0 Å². The first-order valence-corrected chi connectivity index (χ1v) is 12.5. The van der Waals surface area contributed by atoms with E-state index in [1.165, 1.54) is 38.6 Å². The molecule has 40 heavy (non-hydrogen) atoms. The van der Waals surface area contributed by atoms with E-state index in [0.29, 0.717) is 11.4 Å². The standard InChI is InChI=1S/C28H27N5O7/c1-11(2)33-31-27(30-32-33)15-7-8-17(35)16(9-15)29-13(4)20-18(36)10-19-28(6,26(20)39)22-24(38)12(3)23(37)21(14(5)34)25(22)40-19/h7-11,29,35,37-38H,1-6H3. The number of aromatic hydroxyl groups is 3. The van der Waals surface area contributed by atoms with Gasteiger partial charge in [0.05, 0.1) is 22.9 Å². The fourth-order valence-corrected chi connectivity index (χ4v) is 4.96. The Morgan fingerprint density at radius 1 is 1.12 bits per heavy atom. The van der Waals surface area contributed by atoms with E-state index < -0.39 is 34.3 Å². The van der Waals surface area contributed by atoms with Crippen LogP contribution in [-0.4, -0.2) is 52.9 Å². The van der Waals surface area contributed by atoms with E-state index in [9.17, 15) is 29.7 Å². The first kappa shape index (κ1) is 26.6. The number of carbonyl (C=O) groups excluding carboxylic acids is 3. The molecule has 3 aromatic rings. The molecule has 1 aromatic heterocycles. The maximum absolute atomic E-state index is 14.0. The van der Waals surface area contributed by atoms with Gasteiger partial charge in [-0.2, -0.15) is 4.80 Å². The molecule has 5 rings (SSSR count). The quantitative estimate of drug-likeness (QED) is 0.159. The summed E-state index contributed by atoms with van der Waals surface area (Å²) in [7, 11) is 0. The third-order valence-electron chi connectivity index (χ3n) is 7.23. The molecule has 0 saturated heterocycles. The lowest BCUT2D eigenvalue weighted by Crippen LogP contribution is -2.40. The summed E-state index contributed by atoms with van der Waals surface area (Å²) in [5.41, 5.74) is -1.22. The summed E-state index contributed by atoms with van der Waals surface area (Å²) >= 11 is 0. The summed E-state index contributed by atoms with van der Waals surface area (Å²) in [6.07, 6.45) is 1.13. The number of phenols is 3. The molecule has 0 fully saturated rings. The summed E-state index contributed by atoms with van der Waals surface area (Å²) in [6.45, 7) is 9.43. The van der Waals surface area contributed by atoms with Gasteiger partial charge in [0.1, 0.15) is 39.7 Å². The number of aromatic nitrogens is 4. The lowest BCUT2D eigenvalue weighted by molar-refractivity contribution is -0.123. The molecular formula is C28H27N5O7. The molecule has 1 atom stereocenters. The number of rotatable bonds is 5. The molecule has 0 spiro atoms. The Balaban J connectivity index is 1.59. The topological polar surface area (TPSA) is 177 Å². The second-order valence-corrected chi connectivity index (χ2v) is 10.3. The van der Waals surface area contributed by atoms with Gasteiger partial charge < -0.3 is 25.4 Å². The number of anilines is 1. The minimum atomic E-state index is -1.66. The Labute approximate surface area is 228 Å². The normalized spacial score (nSPS) is 19.2. The van der Waals surface area contributed by atoms with Crippen molar-refractivity contribution in [1.82, 2.24) is 20.2 Å². The molecule has 0 bridgehead atoms. The number of nitrogens with zero attached hydrogens (tertiary/aromatic N) is 4. The van der Waals surface area contributed by atoms with Crippen LogP contribution in [0.15, 0.2) is 41.3 Å². The zero-order valence-electron chi connectivity index (χ0n) is 22.7. The van der Waals surface area contributed by atoms with Gasteiger partial charge in [0, 0.05) is 22.9 Å². The number of ketones is 3. The average molecular weight is 546 g/mol. The highest BCUT2D eigenvalue weighted by Crippen LogP contribution is 2.57.